The van der Waals surface area contributed by atoms with Crippen LogP contribution in [0.3, 0.4) is 0 Å². The van der Waals surface area contributed by atoms with Crippen LogP contribution in [0.1, 0.15) is 5.56 Å². The summed E-state index contributed by atoms with van der Waals surface area (Å²) in [5.74, 6) is 0.750. The summed E-state index contributed by atoms with van der Waals surface area (Å²) in [6.07, 6.45) is 0. The lowest BCUT2D eigenvalue weighted by Gasteiger charge is -2.13. The number of nitrogens with zero attached hydrogens (tertiary/aromatic N) is 1. The zero-order chi connectivity index (χ0) is 12.8. The van der Waals surface area contributed by atoms with Crippen LogP contribution in [0.5, 0.6) is 11.5 Å². The number of halogens is 1. The smallest absolute Gasteiger partial charge is 0.273 e. The van der Waals surface area contributed by atoms with Gasteiger partial charge in [-0.1, -0.05) is 0 Å². The summed E-state index contributed by atoms with van der Waals surface area (Å²) in [6, 6.07) is 2.48. The number of benzene rings is 1. The topological polar surface area (TPSA) is 81.8 Å². The van der Waals surface area contributed by atoms with Crippen molar-refractivity contribution in [3.63, 3.8) is 0 Å². The molecule has 0 bridgehead atoms. The number of aliphatic hydroxyl groups excluding tert-OH is 1. The first-order valence-corrected chi connectivity index (χ1v) is 5.32. The third kappa shape index (κ3) is 3.21. The van der Waals surface area contributed by atoms with Crippen LogP contribution in [0.4, 0.5) is 5.69 Å². The van der Waals surface area contributed by atoms with E-state index >= 15 is 0 Å². The molecule has 0 fully saturated rings. The molecule has 0 aliphatic rings. The molecule has 1 aromatic carbocycles. The fourth-order valence-corrected chi connectivity index (χ4v) is 1.40. The van der Waals surface area contributed by atoms with Crippen LogP contribution in [-0.2, 0) is 6.61 Å². The van der Waals surface area contributed by atoms with Gasteiger partial charge in [-0.3, -0.25) is 10.1 Å². The lowest BCUT2D eigenvalue weighted by atomic mass is 10.1. The average Bonchev–Trinajstić information content (AvgIpc) is 2.34. The van der Waals surface area contributed by atoms with E-state index in [1.165, 1.54) is 19.2 Å². The first-order chi connectivity index (χ1) is 8.13. The standard InChI is InChI=1S/C10H12ClNO5/c1-16-9-5-8(12(14)15)4-7(6-13)10(9)17-3-2-11/h4-5,13H,2-3,6H2,1H3. The van der Waals surface area contributed by atoms with E-state index in [2.05, 4.69) is 0 Å². The molecule has 1 aromatic rings. The van der Waals surface area contributed by atoms with Gasteiger partial charge < -0.3 is 14.6 Å². The highest BCUT2D eigenvalue weighted by Gasteiger charge is 2.17. The van der Waals surface area contributed by atoms with Gasteiger partial charge in [-0.15, -0.1) is 11.6 Å². The van der Waals surface area contributed by atoms with E-state index in [1.807, 2.05) is 0 Å². The number of aliphatic hydroxyl groups is 1. The molecule has 0 radical (unpaired) electrons. The average molecular weight is 262 g/mol. The van der Waals surface area contributed by atoms with Crippen LogP contribution in [0.15, 0.2) is 12.1 Å². The van der Waals surface area contributed by atoms with Crippen LogP contribution in [0, 0.1) is 10.1 Å². The number of hydrogen-bond donors (Lipinski definition) is 1. The van der Waals surface area contributed by atoms with Crippen LogP contribution in [0.2, 0.25) is 0 Å². The number of nitro benzene ring substituents is 1. The van der Waals surface area contributed by atoms with Crippen molar-refractivity contribution in [1.82, 2.24) is 0 Å². The number of nitro groups is 1. The molecule has 0 atom stereocenters. The Morgan fingerprint density at radius 2 is 2.24 bits per heavy atom. The Balaban J connectivity index is 3.21. The number of hydrogen-bond acceptors (Lipinski definition) is 5. The lowest BCUT2D eigenvalue weighted by Crippen LogP contribution is -2.04. The maximum absolute atomic E-state index is 10.7. The Kier molecular flexibility index (Phi) is 4.99. The van der Waals surface area contributed by atoms with Gasteiger partial charge in [-0.2, -0.15) is 0 Å². The quantitative estimate of drug-likeness (QED) is 0.479. The number of ether oxygens (including phenoxy) is 2. The molecule has 1 N–H and O–H groups in total. The minimum absolute atomic E-state index is 0.163. The van der Waals surface area contributed by atoms with E-state index in [0.29, 0.717) is 5.56 Å². The van der Waals surface area contributed by atoms with E-state index in [0.717, 1.165) is 0 Å². The van der Waals surface area contributed by atoms with E-state index in [-0.39, 0.29) is 36.3 Å². The first kappa shape index (κ1) is 13.5. The molecule has 0 aliphatic carbocycles. The van der Waals surface area contributed by atoms with Crippen molar-refractivity contribution >= 4 is 17.3 Å². The molecule has 0 unspecified atom stereocenters. The fraction of sp³-hybridized carbons (Fsp3) is 0.400. The minimum atomic E-state index is -0.562. The highest BCUT2D eigenvalue weighted by Crippen LogP contribution is 2.35. The van der Waals surface area contributed by atoms with Gasteiger partial charge in [0.2, 0.25) is 0 Å². The molecule has 0 saturated heterocycles. The van der Waals surface area contributed by atoms with Gasteiger partial charge in [-0.25, -0.2) is 0 Å². The van der Waals surface area contributed by atoms with Gasteiger partial charge in [0.25, 0.3) is 5.69 Å². The molecule has 1 rings (SSSR count). The molecule has 94 valence electrons. The summed E-state index contributed by atoms with van der Waals surface area (Å²) in [5, 5.41) is 19.8. The first-order valence-electron chi connectivity index (χ1n) is 4.79. The minimum Gasteiger partial charge on any atom is -0.493 e. The van der Waals surface area contributed by atoms with Crippen molar-refractivity contribution in [3.05, 3.63) is 27.8 Å². The van der Waals surface area contributed by atoms with Crippen molar-refractivity contribution in [3.8, 4) is 11.5 Å². The lowest BCUT2D eigenvalue weighted by molar-refractivity contribution is -0.385. The zero-order valence-electron chi connectivity index (χ0n) is 9.18. The molecule has 0 heterocycles. The predicted molar refractivity (Wildman–Crippen MR) is 61.8 cm³/mol. The monoisotopic (exact) mass is 261 g/mol. The molecule has 0 saturated carbocycles. The largest absolute Gasteiger partial charge is 0.493 e. The summed E-state index contributed by atoms with van der Waals surface area (Å²) in [4.78, 5) is 10.1. The third-order valence-electron chi connectivity index (χ3n) is 2.04. The van der Waals surface area contributed by atoms with Gasteiger partial charge in [0.15, 0.2) is 11.5 Å². The maximum atomic E-state index is 10.7. The number of non-ortho nitro benzene ring substituents is 1. The summed E-state index contributed by atoms with van der Waals surface area (Å²) in [7, 11) is 1.37. The summed E-state index contributed by atoms with van der Waals surface area (Å²) in [5.41, 5.74) is 0.130. The van der Waals surface area contributed by atoms with E-state index in [4.69, 9.17) is 26.2 Å². The van der Waals surface area contributed by atoms with Crippen molar-refractivity contribution in [2.75, 3.05) is 19.6 Å². The number of methoxy groups -OCH3 is 1. The normalized spacial score (nSPS) is 10.1. The fourth-order valence-electron chi connectivity index (χ4n) is 1.32. The molecular weight excluding hydrogens is 250 g/mol. The molecular formula is C10H12ClNO5. The summed E-state index contributed by atoms with van der Waals surface area (Å²) in [6.45, 7) is -0.154. The van der Waals surface area contributed by atoms with Crippen molar-refractivity contribution in [2.45, 2.75) is 6.61 Å². The third-order valence-corrected chi connectivity index (χ3v) is 2.20. The number of rotatable bonds is 6. The Morgan fingerprint density at radius 1 is 1.53 bits per heavy atom. The summed E-state index contributed by atoms with van der Waals surface area (Å²) >= 11 is 5.49. The van der Waals surface area contributed by atoms with Gasteiger partial charge >= 0.3 is 0 Å². The zero-order valence-corrected chi connectivity index (χ0v) is 9.94. The Morgan fingerprint density at radius 3 is 2.71 bits per heavy atom. The maximum Gasteiger partial charge on any atom is 0.273 e. The molecule has 7 heteroatoms. The van der Waals surface area contributed by atoms with Crippen molar-refractivity contribution in [1.29, 1.82) is 0 Å². The second-order valence-electron chi connectivity index (χ2n) is 3.09. The molecule has 17 heavy (non-hydrogen) atoms. The van der Waals surface area contributed by atoms with Crippen LogP contribution < -0.4 is 9.47 Å². The highest BCUT2D eigenvalue weighted by molar-refractivity contribution is 6.18. The van der Waals surface area contributed by atoms with Crippen LogP contribution in [-0.4, -0.2) is 29.6 Å². The Hall–Kier alpha value is -1.53. The van der Waals surface area contributed by atoms with Gasteiger partial charge in [0.05, 0.1) is 30.6 Å². The Bertz CT molecular complexity index is 385. The second kappa shape index (κ2) is 6.27. The molecule has 0 aliphatic heterocycles. The predicted octanol–water partition coefficient (Wildman–Crippen LogP) is 1.71. The van der Waals surface area contributed by atoms with Gasteiger partial charge in [-0.05, 0) is 0 Å². The molecule has 6 nitrogen and oxygen atoms in total. The van der Waals surface area contributed by atoms with E-state index in [1.54, 1.807) is 0 Å². The van der Waals surface area contributed by atoms with Crippen molar-refractivity contribution in [2.24, 2.45) is 0 Å². The Labute approximate surface area is 103 Å². The second-order valence-corrected chi connectivity index (χ2v) is 3.47. The molecule has 0 aromatic heterocycles. The van der Waals surface area contributed by atoms with Crippen LogP contribution in [0.25, 0.3) is 0 Å². The SMILES string of the molecule is COc1cc([N+](=O)[O-])cc(CO)c1OCCCl. The summed E-state index contributed by atoms with van der Waals surface area (Å²) < 4.78 is 10.3. The van der Waals surface area contributed by atoms with Crippen LogP contribution >= 0.6 is 11.6 Å². The van der Waals surface area contributed by atoms with E-state index < -0.39 is 4.92 Å². The molecule has 0 amide bonds. The molecule has 0 spiro atoms. The van der Waals surface area contributed by atoms with Gasteiger partial charge in [0, 0.05) is 11.6 Å². The van der Waals surface area contributed by atoms with Gasteiger partial charge in [0.1, 0.15) is 6.61 Å². The highest BCUT2D eigenvalue weighted by atomic mass is 35.5. The number of alkyl halides is 1. The van der Waals surface area contributed by atoms with E-state index in [9.17, 15) is 10.1 Å². The van der Waals surface area contributed by atoms with Crippen molar-refractivity contribution < 1.29 is 19.5 Å².